The molecule has 98 valence electrons. The van der Waals surface area contributed by atoms with Gasteiger partial charge in [-0.1, -0.05) is 18.2 Å². The van der Waals surface area contributed by atoms with Gasteiger partial charge in [0.25, 0.3) is 0 Å². The second-order valence-corrected chi connectivity index (χ2v) is 4.73. The summed E-state index contributed by atoms with van der Waals surface area (Å²) in [5, 5.41) is 9.05. The van der Waals surface area contributed by atoms with Crippen LogP contribution < -0.4 is 4.90 Å². The van der Waals surface area contributed by atoms with Gasteiger partial charge >= 0.3 is 5.97 Å². The number of hydrogen-bond donors (Lipinski definition) is 1. The van der Waals surface area contributed by atoms with Gasteiger partial charge in [0.2, 0.25) is 0 Å². The molecule has 1 aromatic carbocycles. The maximum absolute atomic E-state index is 11.0. The van der Waals surface area contributed by atoms with Crippen LogP contribution in [0.15, 0.2) is 30.3 Å². The maximum Gasteiger partial charge on any atom is 0.320 e. The molecule has 1 fully saturated rings. The normalized spacial score (nSPS) is 19.3. The van der Waals surface area contributed by atoms with Crippen molar-refractivity contribution >= 4 is 11.7 Å². The van der Waals surface area contributed by atoms with E-state index in [1.54, 1.807) is 6.92 Å². The molecule has 2 rings (SSSR count). The predicted octanol–water partition coefficient (Wildman–Crippen LogP) is 1.67. The van der Waals surface area contributed by atoms with Crippen LogP contribution in [0.5, 0.6) is 0 Å². The highest BCUT2D eigenvalue weighted by Gasteiger charge is 2.23. The van der Waals surface area contributed by atoms with E-state index >= 15 is 0 Å². The first kappa shape index (κ1) is 12.9. The summed E-state index contributed by atoms with van der Waals surface area (Å²) in [6.07, 6.45) is 1.01. The third kappa shape index (κ3) is 3.01. The molecule has 0 amide bonds. The summed E-state index contributed by atoms with van der Waals surface area (Å²) in [7, 11) is 0. The Balaban J connectivity index is 1.99. The zero-order valence-corrected chi connectivity index (χ0v) is 10.7. The SMILES string of the molecule is CC(C(=O)O)N1CCCN(c2ccccc2)CC1. The van der Waals surface area contributed by atoms with Crippen LogP contribution in [0.3, 0.4) is 0 Å². The lowest BCUT2D eigenvalue weighted by atomic mass is 10.2. The molecule has 0 aliphatic carbocycles. The fourth-order valence-electron chi connectivity index (χ4n) is 2.38. The molecule has 1 aliphatic rings. The molecule has 1 saturated heterocycles. The number of para-hydroxylation sites is 1. The van der Waals surface area contributed by atoms with Crippen LogP contribution in [0, 0.1) is 0 Å². The van der Waals surface area contributed by atoms with E-state index in [2.05, 4.69) is 17.0 Å². The van der Waals surface area contributed by atoms with Crippen molar-refractivity contribution in [3.8, 4) is 0 Å². The van der Waals surface area contributed by atoms with Gasteiger partial charge in [0.15, 0.2) is 0 Å². The van der Waals surface area contributed by atoms with E-state index < -0.39 is 5.97 Å². The van der Waals surface area contributed by atoms with Gasteiger partial charge in [-0.15, -0.1) is 0 Å². The Morgan fingerprint density at radius 2 is 1.89 bits per heavy atom. The number of carboxylic acid groups (broad SMARTS) is 1. The molecule has 1 unspecified atom stereocenters. The molecule has 0 saturated carbocycles. The van der Waals surface area contributed by atoms with Gasteiger partial charge in [0, 0.05) is 31.9 Å². The van der Waals surface area contributed by atoms with Crippen molar-refractivity contribution < 1.29 is 9.90 Å². The summed E-state index contributed by atoms with van der Waals surface area (Å²) >= 11 is 0. The highest BCUT2D eigenvalue weighted by atomic mass is 16.4. The molecular weight excluding hydrogens is 228 g/mol. The van der Waals surface area contributed by atoms with Crippen molar-refractivity contribution in [2.24, 2.45) is 0 Å². The first-order valence-corrected chi connectivity index (χ1v) is 6.45. The molecule has 1 heterocycles. The molecule has 1 atom stereocenters. The number of carboxylic acids is 1. The minimum Gasteiger partial charge on any atom is -0.480 e. The van der Waals surface area contributed by atoms with E-state index in [0.717, 1.165) is 32.6 Å². The molecule has 0 radical (unpaired) electrons. The molecule has 0 bridgehead atoms. The molecule has 0 aromatic heterocycles. The first-order chi connectivity index (χ1) is 8.68. The maximum atomic E-state index is 11.0. The summed E-state index contributed by atoms with van der Waals surface area (Å²) in [4.78, 5) is 15.4. The lowest BCUT2D eigenvalue weighted by Gasteiger charge is -2.25. The lowest BCUT2D eigenvalue weighted by Crippen LogP contribution is -2.41. The van der Waals surface area contributed by atoms with Gasteiger partial charge in [0.1, 0.15) is 6.04 Å². The number of benzene rings is 1. The van der Waals surface area contributed by atoms with Crippen molar-refractivity contribution in [2.75, 3.05) is 31.1 Å². The zero-order valence-electron chi connectivity index (χ0n) is 10.7. The third-order valence-corrected chi connectivity index (χ3v) is 3.56. The molecule has 0 spiro atoms. The lowest BCUT2D eigenvalue weighted by molar-refractivity contribution is -0.142. The number of hydrogen-bond acceptors (Lipinski definition) is 3. The van der Waals surface area contributed by atoms with Crippen LogP contribution in [0.1, 0.15) is 13.3 Å². The van der Waals surface area contributed by atoms with Crippen molar-refractivity contribution in [2.45, 2.75) is 19.4 Å². The number of rotatable bonds is 3. The quantitative estimate of drug-likeness (QED) is 0.883. The number of nitrogens with zero attached hydrogens (tertiary/aromatic N) is 2. The molecule has 1 N–H and O–H groups in total. The van der Waals surface area contributed by atoms with Crippen LogP contribution in [0.4, 0.5) is 5.69 Å². The Labute approximate surface area is 108 Å². The summed E-state index contributed by atoms with van der Waals surface area (Å²) in [6, 6.07) is 9.92. The zero-order chi connectivity index (χ0) is 13.0. The molecule has 1 aliphatic heterocycles. The topological polar surface area (TPSA) is 43.8 Å². The molecule has 4 heteroatoms. The van der Waals surface area contributed by atoms with E-state index in [-0.39, 0.29) is 6.04 Å². The predicted molar refractivity (Wildman–Crippen MR) is 71.9 cm³/mol. The average Bonchev–Trinajstić information content (AvgIpc) is 2.64. The smallest absolute Gasteiger partial charge is 0.320 e. The number of anilines is 1. The van der Waals surface area contributed by atoms with Gasteiger partial charge < -0.3 is 10.0 Å². The first-order valence-electron chi connectivity index (χ1n) is 6.45. The second-order valence-electron chi connectivity index (χ2n) is 4.73. The van der Waals surface area contributed by atoms with Crippen molar-refractivity contribution in [3.05, 3.63) is 30.3 Å². The summed E-state index contributed by atoms with van der Waals surface area (Å²) in [6.45, 7) is 5.31. The largest absolute Gasteiger partial charge is 0.480 e. The Bertz CT molecular complexity index is 394. The van der Waals surface area contributed by atoms with Gasteiger partial charge in [-0.05, 0) is 25.5 Å². The molecule has 1 aromatic rings. The van der Waals surface area contributed by atoms with Gasteiger partial charge in [-0.2, -0.15) is 0 Å². The highest BCUT2D eigenvalue weighted by Crippen LogP contribution is 2.16. The van der Waals surface area contributed by atoms with Crippen molar-refractivity contribution in [1.82, 2.24) is 4.90 Å². The van der Waals surface area contributed by atoms with E-state index in [1.807, 2.05) is 23.1 Å². The Kier molecular flexibility index (Phi) is 4.20. The fraction of sp³-hybridized carbons (Fsp3) is 0.500. The van der Waals surface area contributed by atoms with Gasteiger partial charge in [0.05, 0.1) is 0 Å². The summed E-state index contributed by atoms with van der Waals surface area (Å²) in [5.74, 6) is -0.733. The average molecular weight is 248 g/mol. The molecule has 4 nitrogen and oxygen atoms in total. The van der Waals surface area contributed by atoms with Crippen LogP contribution in [-0.2, 0) is 4.79 Å². The third-order valence-electron chi connectivity index (χ3n) is 3.56. The Morgan fingerprint density at radius 1 is 1.17 bits per heavy atom. The Hall–Kier alpha value is -1.55. The van der Waals surface area contributed by atoms with E-state index in [1.165, 1.54) is 5.69 Å². The molecular formula is C14H20N2O2. The number of aliphatic carboxylic acids is 1. The van der Waals surface area contributed by atoms with Crippen LogP contribution in [0.2, 0.25) is 0 Å². The minimum atomic E-state index is -0.733. The van der Waals surface area contributed by atoms with E-state index in [0.29, 0.717) is 0 Å². The second kappa shape index (κ2) is 5.87. The van der Waals surface area contributed by atoms with E-state index in [4.69, 9.17) is 5.11 Å². The standard InChI is InChI=1S/C14H20N2O2/c1-12(14(17)18)15-8-5-9-16(11-10-15)13-6-3-2-4-7-13/h2-4,6-7,12H,5,8-11H2,1H3,(H,17,18). The van der Waals surface area contributed by atoms with Crippen LogP contribution in [-0.4, -0.2) is 48.2 Å². The van der Waals surface area contributed by atoms with Crippen LogP contribution >= 0.6 is 0 Å². The fourth-order valence-corrected chi connectivity index (χ4v) is 2.38. The Morgan fingerprint density at radius 3 is 2.56 bits per heavy atom. The monoisotopic (exact) mass is 248 g/mol. The molecule has 18 heavy (non-hydrogen) atoms. The van der Waals surface area contributed by atoms with E-state index in [9.17, 15) is 4.79 Å². The minimum absolute atomic E-state index is 0.388. The number of carbonyl (C=O) groups is 1. The van der Waals surface area contributed by atoms with Crippen molar-refractivity contribution in [3.63, 3.8) is 0 Å². The highest BCUT2D eigenvalue weighted by molar-refractivity contribution is 5.72. The summed E-state index contributed by atoms with van der Waals surface area (Å²) < 4.78 is 0. The van der Waals surface area contributed by atoms with Gasteiger partial charge in [-0.3, -0.25) is 9.69 Å². The van der Waals surface area contributed by atoms with Crippen molar-refractivity contribution in [1.29, 1.82) is 0 Å². The summed E-state index contributed by atoms with van der Waals surface area (Å²) in [5.41, 5.74) is 1.22. The van der Waals surface area contributed by atoms with Crippen LogP contribution in [0.25, 0.3) is 0 Å². The van der Waals surface area contributed by atoms with Gasteiger partial charge in [-0.25, -0.2) is 0 Å².